The Labute approximate surface area is 204 Å². The zero-order chi connectivity index (χ0) is 24.0. The molecule has 0 amide bonds. The van der Waals surface area contributed by atoms with Crippen LogP contribution in [0, 0.1) is 5.92 Å². The molecule has 35 heavy (non-hydrogen) atoms. The van der Waals surface area contributed by atoms with E-state index in [-0.39, 0.29) is 0 Å². The van der Waals surface area contributed by atoms with Crippen molar-refractivity contribution in [2.45, 2.75) is 31.9 Å². The Hall–Kier alpha value is -3.08. The lowest BCUT2D eigenvalue weighted by Gasteiger charge is -2.31. The van der Waals surface area contributed by atoms with Crippen LogP contribution < -0.4 is 9.91 Å². The summed E-state index contributed by atoms with van der Waals surface area (Å²) < 4.78 is 7.48. The molecule has 6 rings (SSSR count). The van der Waals surface area contributed by atoms with Crippen LogP contribution in [0.4, 0.5) is 11.6 Å². The van der Waals surface area contributed by atoms with E-state index >= 15 is 0 Å². The molecule has 3 aliphatic rings. The number of morpholine rings is 1. The molecule has 184 valence electrons. The van der Waals surface area contributed by atoms with Crippen LogP contribution in [0.2, 0.25) is 0 Å². The number of aromatic nitrogens is 4. The maximum Gasteiger partial charge on any atom is 0.162 e. The van der Waals surface area contributed by atoms with Crippen LogP contribution >= 0.6 is 0 Å². The Morgan fingerprint density at radius 2 is 1.80 bits per heavy atom. The number of nitrogens with zero attached hydrogens (tertiary/aromatic N) is 8. The molecule has 1 N–H and O–H groups in total. The molecule has 0 radical (unpaired) electrons. The number of anilines is 2. The van der Waals surface area contributed by atoms with Gasteiger partial charge in [-0.05, 0) is 52.0 Å². The second-order valence-corrected chi connectivity index (χ2v) is 9.98. The Balaban J connectivity index is 1.42. The fourth-order valence-electron chi connectivity index (χ4n) is 5.29. The van der Waals surface area contributed by atoms with Gasteiger partial charge in [0.15, 0.2) is 17.2 Å². The summed E-state index contributed by atoms with van der Waals surface area (Å²) in [5.41, 5.74) is 2.48. The molecule has 3 aromatic rings. The van der Waals surface area contributed by atoms with Gasteiger partial charge in [-0.2, -0.15) is 14.7 Å². The van der Waals surface area contributed by atoms with Gasteiger partial charge in [0.25, 0.3) is 0 Å². The molecule has 3 aromatic heterocycles. The molecule has 1 atom stereocenters. The van der Waals surface area contributed by atoms with Crippen molar-refractivity contribution in [2.24, 2.45) is 11.0 Å². The average Bonchev–Trinajstić information content (AvgIpc) is 3.45. The summed E-state index contributed by atoms with van der Waals surface area (Å²) in [5, 5.41) is 23.0. The van der Waals surface area contributed by atoms with Gasteiger partial charge in [0, 0.05) is 61.2 Å². The van der Waals surface area contributed by atoms with Gasteiger partial charge < -0.3 is 19.6 Å². The van der Waals surface area contributed by atoms with Gasteiger partial charge in [0.2, 0.25) is 0 Å². The minimum atomic E-state index is -1.12. The third-order valence-electron chi connectivity index (χ3n) is 7.31. The highest BCUT2D eigenvalue weighted by Gasteiger charge is 2.41. The van der Waals surface area contributed by atoms with Gasteiger partial charge in [-0.25, -0.2) is 9.99 Å². The number of aliphatic hydroxyl groups is 1. The number of hydrogen-bond acceptors (Lipinski definition) is 9. The summed E-state index contributed by atoms with van der Waals surface area (Å²) in [6.45, 7) is 6.81. The second kappa shape index (κ2) is 8.85. The normalized spacial score (nSPS) is 24.4. The Morgan fingerprint density at radius 3 is 2.54 bits per heavy atom. The first-order valence-corrected chi connectivity index (χ1v) is 12.4. The maximum absolute atomic E-state index is 11.4. The van der Waals surface area contributed by atoms with E-state index in [4.69, 9.17) is 19.9 Å². The molecular formula is C25H32N8O2. The van der Waals surface area contributed by atoms with E-state index in [9.17, 15) is 5.11 Å². The minimum Gasteiger partial charge on any atom is -0.378 e. The van der Waals surface area contributed by atoms with Crippen LogP contribution in [-0.2, 0) is 4.74 Å². The Morgan fingerprint density at radius 1 is 1.06 bits per heavy atom. The summed E-state index contributed by atoms with van der Waals surface area (Å²) in [6, 6.07) is 7.87. The predicted molar refractivity (Wildman–Crippen MR) is 135 cm³/mol. The van der Waals surface area contributed by atoms with Crippen LogP contribution in [0.15, 0.2) is 41.8 Å². The lowest BCUT2D eigenvalue weighted by Crippen LogP contribution is -2.41. The molecular weight excluding hydrogens is 444 g/mol. The highest BCUT2D eigenvalue weighted by atomic mass is 16.5. The van der Waals surface area contributed by atoms with E-state index in [0.29, 0.717) is 31.4 Å². The van der Waals surface area contributed by atoms with E-state index in [2.05, 4.69) is 21.8 Å². The van der Waals surface area contributed by atoms with E-state index in [0.717, 1.165) is 67.5 Å². The predicted octanol–water partition coefficient (Wildman–Crippen LogP) is 2.24. The summed E-state index contributed by atoms with van der Waals surface area (Å²) in [5.74, 6) is 1.96. The van der Waals surface area contributed by atoms with Crippen LogP contribution in [0.25, 0.3) is 16.9 Å². The molecule has 6 heterocycles. The fraction of sp³-hybridized carbons (Fsp3) is 0.520. The average molecular weight is 477 g/mol. The first-order valence-electron chi connectivity index (χ1n) is 12.4. The first kappa shape index (κ1) is 22.4. The van der Waals surface area contributed by atoms with Crippen molar-refractivity contribution in [1.82, 2.24) is 24.5 Å². The molecule has 3 aliphatic heterocycles. The van der Waals surface area contributed by atoms with E-state index in [1.54, 1.807) is 17.4 Å². The molecule has 0 spiro atoms. The fourth-order valence-corrected chi connectivity index (χ4v) is 5.29. The lowest BCUT2D eigenvalue weighted by molar-refractivity contribution is 0.0712. The minimum absolute atomic E-state index is 0.401. The third kappa shape index (κ3) is 4.26. The number of likely N-dealkylation sites (tertiary alicyclic amines) is 1. The number of fused-ring (bicyclic) bond motifs is 1. The van der Waals surface area contributed by atoms with Gasteiger partial charge in [0.1, 0.15) is 5.82 Å². The van der Waals surface area contributed by atoms with Gasteiger partial charge in [-0.1, -0.05) is 0 Å². The van der Waals surface area contributed by atoms with E-state index < -0.39 is 5.72 Å². The highest BCUT2D eigenvalue weighted by molar-refractivity contribution is 5.91. The Kier molecular flexibility index (Phi) is 5.66. The molecule has 0 bridgehead atoms. The van der Waals surface area contributed by atoms with Gasteiger partial charge in [-0.3, -0.25) is 4.98 Å². The largest absolute Gasteiger partial charge is 0.378 e. The van der Waals surface area contributed by atoms with Crippen molar-refractivity contribution in [1.29, 1.82) is 0 Å². The monoisotopic (exact) mass is 476 g/mol. The number of hydrogen-bond donors (Lipinski definition) is 1. The van der Waals surface area contributed by atoms with Gasteiger partial charge in [0.05, 0.1) is 18.9 Å². The van der Waals surface area contributed by atoms with Gasteiger partial charge >= 0.3 is 0 Å². The van der Waals surface area contributed by atoms with E-state index in [1.165, 1.54) is 0 Å². The smallest absolute Gasteiger partial charge is 0.162 e. The van der Waals surface area contributed by atoms with E-state index in [1.807, 2.05) is 35.7 Å². The van der Waals surface area contributed by atoms with Crippen LogP contribution in [0.3, 0.4) is 0 Å². The molecule has 10 heteroatoms. The zero-order valence-electron chi connectivity index (χ0n) is 20.3. The highest BCUT2D eigenvalue weighted by Crippen LogP contribution is 2.36. The van der Waals surface area contributed by atoms with Crippen molar-refractivity contribution in [3.63, 3.8) is 0 Å². The third-order valence-corrected chi connectivity index (χ3v) is 7.31. The summed E-state index contributed by atoms with van der Waals surface area (Å²) in [7, 11) is 2.16. The lowest BCUT2D eigenvalue weighted by atomic mass is 9.89. The van der Waals surface area contributed by atoms with Crippen molar-refractivity contribution >= 4 is 23.0 Å². The summed E-state index contributed by atoms with van der Waals surface area (Å²) in [4.78, 5) is 13.7. The molecule has 10 nitrogen and oxygen atoms in total. The topological polar surface area (TPSA) is 94.6 Å². The van der Waals surface area contributed by atoms with Crippen LogP contribution in [0.1, 0.15) is 26.2 Å². The van der Waals surface area contributed by atoms with Crippen LogP contribution in [0.5, 0.6) is 0 Å². The standard InChI is InChI=1S/C25H32N8O2/c1-25(34)17-21(19-5-9-30(2)10-6-19)29-33(25)23-16-24(31-11-13-35-14-12-31)32-22(27-23)15-20(28-32)18-3-7-26-8-4-18/h3-4,7-8,15-16,19,34H,5-6,9-14,17H2,1-2H3. The molecule has 2 saturated heterocycles. The molecule has 2 fully saturated rings. The number of piperidine rings is 1. The number of ether oxygens (including phenoxy) is 1. The summed E-state index contributed by atoms with van der Waals surface area (Å²) in [6.07, 6.45) is 6.21. The second-order valence-electron chi connectivity index (χ2n) is 9.98. The molecule has 0 aliphatic carbocycles. The molecule has 0 saturated carbocycles. The number of rotatable bonds is 4. The van der Waals surface area contributed by atoms with Gasteiger partial charge in [-0.15, -0.1) is 0 Å². The van der Waals surface area contributed by atoms with Crippen molar-refractivity contribution in [3.05, 3.63) is 36.7 Å². The number of hydrazone groups is 1. The maximum atomic E-state index is 11.4. The van der Waals surface area contributed by atoms with Crippen molar-refractivity contribution in [3.8, 4) is 11.3 Å². The van der Waals surface area contributed by atoms with Crippen molar-refractivity contribution < 1.29 is 9.84 Å². The quantitative estimate of drug-likeness (QED) is 0.613. The summed E-state index contributed by atoms with van der Waals surface area (Å²) >= 11 is 0. The SMILES string of the molecule is CN1CCC(C2=NN(c3cc(N4CCOCC4)n4nc(-c5ccncc5)cc4n3)C(C)(O)C2)CC1. The zero-order valence-corrected chi connectivity index (χ0v) is 20.3. The molecule has 0 aromatic carbocycles. The van der Waals surface area contributed by atoms with Crippen molar-refractivity contribution in [2.75, 3.05) is 56.3 Å². The van der Waals surface area contributed by atoms with Crippen LogP contribution in [-0.4, -0.2) is 87.5 Å². The number of pyridine rings is 1. The molecule has 1 unspecified atom stereocenters. The first-order chi connectivity index (χ1) is 17.0. The Bertz CT molecular complexity index is 1230.